The van der Waals surface area contributed by atoms with Crippen LogP contribution in [0.15, 0.2) is 34.9 Å². The van der Waals surface area contributed by atoms with Gasteiger partial charge in [-0.2, -0.15) is 0 Å². The van der Waals surface area contributed by atoms with Gasteiger partial charge in [0.1, 0.15) is 17.3 Å². The molecule has 0 aliphatic carbocycles. The lowest BCUT2D eigenvalue weighted by molar-refractivity contribution is -0.384. The lowest BCUT2D eigenvalue weighted by Gasteiger charge is -2.06. The second kappa shape index (κ2) is 5.05. The van der Waals surface area contributed by atoms with Gasteiger partial charge in [0.05, 0.1) is 22.8 Å². The minimum atomic E-state index is -0.718. The predicted octanol–water partition coefficient (Wildman–Crippen LogP) is 3.59. The molecule has 0 spiro atoms. The number of anilines is 1. The zero-order valence-electron chi connectivity index (χ0n) is 9.02. The highest BCUT2D eigenvalue weighted by Gasteiger charge is 2.17. The van der Waals surface area contributed by atoms with E-state index in [9.17, 15) is 14.5 Å². The van der Waals surface area contributed by atoms with Crippen LogP contribution < -0.4 is 5.32 Å². The Morgan fingerprint density at radius 1 is 1.50 bits per heavy atom. The number of nitrogens with zero attached hydrogens (tertiary/aromatic N) is 1. The van der Waals surface area contributed by atoms with E-state index in [1.807, 2.05) is 0 Å². The van der Waals surface area contributed by atoms with E-state index < -0.39 is 10.7 Å². The Bertz CT molecular complexity index is 572. The van der Waals surface area contributed by atoms with Gasteiger partial charge >= 0.3 is 0 Å². The summed E-state index contributed by atoms with van der Waals surface area (Å²) in [7, 11) is 0. The van der Waals surface area contributed by atoms with Gasteiger partial charge in [0, 0.05) is 12.1 Å². The number of furan rings is 1. The minimum Gasteiger partial charge on any atom is -0.467 e. The highest BCUT2D eigenvalue weighted by molar-refractivity contribution is 6.31. The van der Waals surface area contributed by atoms with Crippen LogP contribution in [0.5, 0.6) is 0 Å². The van der Waals surface area contributed by atoms with Crippen molar-refractivity contribution >= 4 is 23.0 Å². The summed E-state index contributed by atoms with van der Waals surface area (Å²) in [6.45, 7) is 0.217. The number of hydrogen-bond donors (Lipinski definition) is 1. The van der Waals surface area contributed by atoms with Crippen LogP contribution in [0.3, 0.4) is 0 Å². The minimum absolute atomic E-state index is 0.0540. The molecule has 2 rings (SSSR count). The molecule has 0 fully saturated rings. The van der Waals surface area contributed by atoms with Crippen LogP contribution in [0.1, 0.15) is 5.76 Å². The average molecular weight is 271 g/mol. The van der Waals surface area contributed by atoms with Crippen LogP contribution in [0, 0.1) is 15.9 Å². The molecule has 0 amide bonds. The van der Waals surface area contributed by atoms with Crippen molar-refractivity contribution in [3.63, 3.8) is 0 Å². The molecule has 0 atom stereocenters. The van der Waals surface area contributed by atoms with Crippen LogP contribution in [0.2, 0.25) is 5.02 Å². The summed E-state index contributed by atoms with van der Waals surface area (Å²) in [5.41, 5.74) is -0.230. The zero-order chi connectivity index (χ0) is 13.1. The van der Waals surface area contributed by atoms with Crippen LogP contribution >= 0.6 is 11.6 Å². The van der Waals surface area contributed by atoms with E-state index in [1.54, 1.807) is 12.1 Å². The van der Waals surface area contributed by atoms with Gasteiger partial charge < -0.3 is 9.73 Å². The predicted molar refractivity (Wildman–Crippen MR) is 64.1 cm³/mol. The molecule has 0 saturated carbocycles. The number of halogens is 2. The van der Waals surface area contributed by atoms with E-state index in [4.69, 9.17) is 16.0 Å². The molecular formula is C11H8ClFN2O3. The summed E-state index contributed by atoms with van der Waals surface area (Å²) < 4.78 is 18.3. The van der Waals surface area contributed by atoms with Gasteiger partial charge in [-0.05, 0) is 12.1 Å². The maximum Gasteiger partial charge on any atom is 0.294 e. The highest BCUT2D eigenvalue weighted by atomic mass is 35.5. The summed E-state index contributed by atoms with van der Waals surface area (Å²) >= 11 is 5.50. The lowest BCUT2D eigenvalue weighted by Crippen LogP contribution is -2.02. The summed E-state index contributed by atoms with van der Waals surface area (Å²) in [5.74, 6) is -0.135. The number of nitrogens with one attached hydrogen (secondary N) is 1. The Morgan fingerprint density at radius 3 is 2.89 bits per heavy atom. The Balaban J connectivity index is 2.25. The van der Waals surface area contributed by atoms with Gasteiger partial charge in [-0.3, -0.25) is 10.1 Å². The van der Waals surface area contributed by atoms with Crippen molar-refractivity contribution in [2.45, 2.75) is 6.54 Å². The van der Waals surface area contributed by atoms with Crippen molar-refractivity contribution in [1.82, 2.24) is 0 Å². The molecule has 0 bridgehead atoms. The van der Waals surface area contributed by atoms with Crippen molar-refractivity contribution in [1.29, 1.82) is 0 Å². The standard InChI is InChI=1S/C11H8ClFN2O3/c12-8-4-11(15(16)17)10(5-9(8)13)14-6-7-2-1-3-18-7/h1-5,14H,6H2. The van der Waals surface area contributed by atoms with Crippen LogP contribution in [0.4, 0.5) is 15.8 Å². The van der Waals surface area contributed by atoms with E-state index in [1.165, 1.54) is 6.26 Å². The number of nitro groups is 1. The van der Waals surface area contributed by atoms with Gasteiger partial charge in [0.25, 0.3) is 5.69 Å². The molecule has 7 heteroatoms. The first kappa shape index (κ1) is 12.4. The number of benzene rings is 1. The van der Waals surface area contributed by atoms with Crippen molar-refractivity contribution < 1.29 is 13.7 Å². The maximum absolute atomic E-state index is 13.3. The summed E-state index contributed by atoms with van der Waals surface area (Å²) in [6.07, 6.45) is 1.48. The molecule has 1 aromatic heterocycles. The Labute approximate surface area is 106 Å². The zero-order valence-corrected chi connectivity index (χ0v) is 9.78. The molecule has 18 heavy (non-hydrogen) atoms. The molecular weight excluding hydrogens is 263 g/mol. The first-order valence-electron chi connectivity index (χ1n) is 4.97. The molecule has 1 heterocycles. The molecule has 0 unspecified atom stereocenters. The van der Waals surface area contributed by atoms with Crippen molar-refractivity contribution in [2.75, 3.05) is 5.32 Å². The fourth-order valence-electron chi connectivity index (χ4n) is 1.42. The van der Waals surface area contributed by atoms with E-state index >= 15 is 0 Å². The lowest BCUT2D eigenvalue weighted by atomic mass is 10.2. The van der Waals surface area contributed by atoms with Gasteiger partial charge in [-0.1, -0.05) is 11.6 Å². The smallest absolute Gasteiger partial charge is 0.294 e. The van der Waals surface area contributed by atoms with Crippen LogP contribution in [0.25, 0.3) is 0 Å². The van der Waals surface area contributed by atoms with E-state index in [-0.39, 0.29) is 22.9 Å². The highest BCUT2D eigenvalue weighted by Crippen LogP contribution is 2.30. The van der Waals surface area contributed by atoms with E-state index in [0.29, 0.717) is 5.76 Å². The summed E-state index contributed by atoms with van der Waals surface area (Å²) in [4.78, 5) is 10.2. The van der Waals surface area contributed by atoms with E-state index in [2.05, 4.69) is 5.32 Å². The third kappa shape index (κ3) is 2.60. The monoisotopic (exact) mass is 270 g/mol. The first-order valence-corrected chi connectivity index (χ1v) is 5.35. The number of rotatable bonds is 4. The topological polar surface area (TPSA) is 68.3 Å². The Morgan fingerprint density at radius 2 is 2.28 bits per heavy atom. The third-order valence-electron chi connectivity index (χ3n) is 2.27. The molecule has 0 saturated heterocycles. The molecule has 94 valence electrons. The third-order valence-corrected chi connectivity index (χ3v) is 2.56. The fraction of sp³-hybridized carbons (Fsp3) is 0.0909. The SMILES string of the molecule is O=[N+]([O-])c1cc(Cl)c(F)cc1NCc1ccco1. The molecule has 0 aliphatic rings. The second-order valence-electron chi connectivity index (χ2n) is 3.47. The normalized spacial score (nSPS) is 10.3. The van der Waals surface area contributed by atoms with Gasteiger partial charge in [-0.25, -0.2) is 4.39 Å². The van der Waals surface area contributed by atoms with Gasteiger partial charge in [0.15, 0.2) is 0 Å². The fourth-order valence-corrected chi connectivity index (χ4v) is 1.58. The van der Waals surface area contributed by atoms with Crippen molar-refractivity contribution in [2.24, 2.45) is 0 Å². The summed E-state index contributed by atoms with van der Waals surface area (Å²) in [5, 5.41) is 13.3. The number of hydrogen-bond acceptors (Lipinski definition) is 4. The molecule has 2 aromatic rings. The molecule has 1 N–H and O–H groups in total. The molecule has 0 radical (unpaired) electrons. The summed E-state index contributed by atoms with van der Waals surface area (Å²) in [6, 6.07) is 5.35. The maximum atomic E-state index is 13.3. The molecule has 0 aliphatic heterocycles. The van der Waals surface area contributed by atoms with E-state index in [0.717, 1.165) is 12.1 Å². The molecule has 5 nitrogen and oxygen atoms in total. The first-order chi connectivity index (χ1) is 8.58. The van der Waals surface area contributed by atoms with Crippen molar-refractivity contribution in [3.05, 3.63) is 57.2 Å². The Kier molecular flexibility index (Phi) is 3.47. The van der Waals surface area contributed by atoms with Gasteiger partial charge in [-0.15, -0.1) is 0 Å². The largest absolute Gasteiger partial charge is 0.467 e. The van der Waals surface area contributed by atoms with Crippen molar-refractivity contribution in [3.8, 4) is 0 Å². The second-order valence-corrected chi connectivity index (χ2v) is 3.88. The van der Waals surface area contributed by atoms with Crippen LogP contribution in [-0.4, -0.2) is 4.92 Å². The van der Waals surface area contributed by atoms with Gasteiger partial charge in [0.2, 0.25) is 0 Å². The quantitative estimate of drug-likeness (QED) is 0.681. The van der Waals surface area contributed by atoms with Crippen LogP contribution in [-0.2, 0) is 6.54 Å². The molecule has 1 aromatic carbocycles. The number of nitro benzene ring substituents is 1. The average Bonchev–Trinajstić information content (AvgIpc) is 2.83. The Hall–Kier alpha value is -2.08.